The molecule has 0 radical (unpaired) electrons. The predicted octanol–water partition coefficient (Wildman–Crippen LogP) is 6.93. The number of anilines is 1. The fraction of sp³-hybridized carbons (Fsp3) is 0.294. The molecule has 224 valence electrons. The van der Waals surface area contributed by atoms with E-state index in [1.165, 1.54) is 49.8 Å². The topological polar surface area (TPSA) is 127 Å². The Morgan fingerprint density at radius 1 is 0.909 bits per heavy atom. The molecule has 0 aliphatic carbocycles. The standard InChI is InChI=1S/C34H35N7O3/c42-33-31(28-20-27(41(43)44)14-15-29(28)37-33)32(25-8-6-23(7-9-25)22-39-16-2-1-3-17-39)36-26-12-10-24(11-13-26)30-21-35-34(38-30)40-18-4-5-19-40/h6-15,20-21,37,42H,1-5,16-19,22H2,(H,35,38). The van der Waals surface area contributed by atoms with E-state index < -0.39 is 4.92 Å². The number of likely N-dealkylation sites (tertiary alicyclic amines) is 1. The lowest BCUT2D eigenvalue weighted by Crippen LogP contribution is -2.29. The van der Waals surface area contributed by atoms with E-state index in [1.54, 1.807) is 6.07 Å². The largest absolute Gasteiger partial charge is 0.494 e. The monoisotopic (exact) mass is 589 g/mol. The van der Waals surface area contributed by atoms with E-state index in [4.69, 9.17) is 4.99 Å². The van der Waals surface area contributed by atoms with Gasteiger partial charge in [-0.25, -0.2) is 9.98 Å². The van der Waals surface area contributed by atoms with Crippen LogP contribution in [0.25, 0.3) is 22.2 Å². The molecule has 4 heterocycles. The molecule has 0 amide bonds. The quantitative estimate of drug-likeness (QED) is 0.102. The summed E-state index contributed by atoms with van der Waals surface area (Å²) in [5, 5.41) is 23.2. The second-order valence-electron chi connectivity index (χ2n) is 11.7. The molecule has 0 spiro atoms. The number of aliphatic imine (C=N–C) groups is 1. The van der Waals surface area contributed by atoms with Gasteiger partial charge in [0, 0.05) is 48.2 Å². The van der Waals surface area contributed by atoms with E-state index in [0.717, 1.165) is 55.5 Å². The van der Waals surface area contributed by atoms with Crippen LogP contribution in [0.1, 0.15) is 48.8 Å². The number of rotatable bonds is 8. The number of non-ortho nitro benzene ring substituents is 1. The highest BCUT2D eigenvalue weighted by atomic mass is 16.6. The molecule has 0 atom stereocenters. The molecular weight excluding hydrogens is 554 g/mol. The van der Waals surface area contributed by atoms with Gasteiger partial charge in [-0.05, 0) is 68.1 Å². The van der Waals surface area contributed by atoms with Gasteiger partial charge in [0.25, 0.3) is 5.69 Å². The zero-order valence-electron chi connectivity index (χ0n) is 24.5. The first-order chi connectivity index (χ1) is 21.5. The Hall–Kier alpha value is -4.96. The van der Waals surface area contributed by atoms with Gasteiger partial charge < -0.3 is 20.0 Å². The van der Waals surface area contributed by atoms with Crippen molar-refractivity contribution in [3.63, 3.8) is 0 Å². The summed E-state index contributed by atoms with van der Waals surface area (Å²) in [7, 11) is 0. The average Bonchev–Trinajstić information content (AvgIpc) is 3.81. The van der Waals surface area contributed by atoms with E-state index in [2.05, 4.69) is 36.9 Å². The number of fused-ring (bicyclic) bond motifs is 1. The number of nitro groups is 1. The van der Waals surface area contributed by atoms with Crippen molar-refractivity contribution in [2.45, 2.75) is 38.6 Å². The number of aromatic nitrogens is 3. The summed E-state index contributed by atoms with van der Waals surface area (Å²) in [6.45, 7) is 5.17. The third kappa shape index (κ3) is 5.68. The summed E-state index contributed by atoms with van der Waals surface area (Å²) in [6, 6.07) is 20.7. The van der Waals surface area contributed by atoms with Gasteiger partial charge in [-0.3, -0.25) is 15.0 Å². The van der Waals surface area contributed by atoms with Crippen LogP contribution in [-0.4, -0.2) is 61.8 Å². The van der Waals surface area contributed by atoms with E-state index >= 15 is 0 Å². The number of hydrogen-bond acceptors (Lipinski definition) is 7. The number of aromatic amines is 2. The lowest BCUT2D eigenvalue weighted by atomic mass is 9.99. The van der Waals surface area contributed by atoms with Crippen molar-refractivity contribution in [2.24, 2.45) is 4.99 Å². The third-order valence-corrected chi connectivity index (χ3v) is 8.68. The summed E-state index contributed by atoms with van der Waals surface area (Å²) in [5.74, 6) is 0.815. The van der Waals surface area contributed by atoms with E-state index in [1.807, 2.05) is 42.6 Å². The van der Waals surface area contributed by atoms with Crippen LogP contribution in [0.4, 0.5) is 17.3 Å². The van der Waals surface area contributed by atoms with E-state index in [-0.39, 0.29) is 11.6 Å². The Morgan fingerprint density at radius 3 is 2.36 bits per heavy atom. The van der Waals surface area contributed by atoms with Crippen LogP contribution in [0.15, 0.2) is 77.9 Å². The molecule has 10 heteroatoms. The molecule has 2 saturated heterocycles. The van der Waals surface area contributed by atoms with Crippen molar-refractivity contribution >= 4 is 33.9 Å². The summed E-state index contributed by atoms with van der Waals surface area (Å²) in [5.41, 5.74) is 6.16. The smallest absolute Gasteiger partial charge is 0.270 e. The zero-order valence-corrected chi connectivity index (χ0v) is 24.5. The zero-order chi connectivity index (χ0) is 30.0. The maximum Gasteiger partial charge on any atom is 0.270 e. The number of nitro benzene ring substituents is 1. The average molecular weight is 590 g/mol. The minimum absolute atomic E-state index is 0.0498. The van der Waals surface area contributed by atoms with Gasteiger partial charge in [0.2, 0.25) is 5.95 Å². The van der Waals surface area contributed by atoms with Gasteiger partial charge in [-0.1, -0.05) is 42.8 Å². The second-order valence-corrected chi connectivity index (χ2v) is 11.7. The molecule has 3 aromatic carbocycles. The molecule has 3 N–H and O–H groups in total. The van der Waals surface area contributed by atoms with E-state index in [9.17, 15) is 15.2 Å². The molecule has 2 aliphatic heterocycles. The third-order valence-electron chi connectivity index (χ3n) is 8.68. The Labute approximate surface area is 255 Å². The molecule has 0 unspecified atom stereocenters. The van der Waals surface area contributed by atoms with Crippen LogP contribution in [0.5, 0.6) is 5.88 Å². The van der Waals surface area contributed by atoms with Crippen LogP contribution in [0.2, 0.25) is 0 Å². The number of nitrogens with zero attached hydrogens (tertiary/aromatic N) is 5. The van der Waals surface area contributed by atoms with Crippen LogP contribution in [0, 0.1) is 10.1 Å². The fourth-order valence-electron chi connectivity index (χ4n) is 6.32. The molecule has 44 heavy (non-hydrogen) atoms. The Kier molecular flexibility index (Phi) is 7.57. The minimum atomic E-state index is -0.428. The molecular formula is C34H35N7O3. The first-order valence-electron chi connectivity index (χ1n) is 15.3. The molecule has 7 rings (SSSR count). The predicted molar refractivity (Wildman–Crippen MR) is 173 cm³/mol. The fourth-order valence-corrected chi connectivity index (χ4v) is 6.32. The van der Waals surface area contributed by atoms with Crippen molar-refractivity contribution in [1.29, 1.82) is 0 Å². The van der Waals surface area contributed by atoms with Gasteiger partial charge in [0.15, 0.2) is 5.88 Å². The second kappa shape index (κ2) is 12.0. The summed E-state index contributed by atoms with van der Waals surface area (Å²) in [6.07, 6.45) is 8.00. The maximum absolute atomic E-state index is 11.6. The number of piperidine rings is 1. The highest BCUT2D eigenvalue weighted by Crippen LogP contribution is 2.34. The van der Waals surface area contributed by atoms with Gasteiger partial charge in [-0.15, -0.1) is 0 Å². The molecule has 0 bridgehead atoms. The molecule has 2 aromatic heterocycles. The maximum atomic E-state index is 11.6. The number of hydrogen-bond donors (Lipinski definition) is 3. The van der Waals surface area contributed by atoms with Gasteiger partial charge in [-0.2, -0.15) is 0 Å². The lowest BCUT2D eigenvalue weighted by Gasteiger charge is -2.26. The molecule has 5 aromatic rings. The van der Waals surface area contributed by atoms with Crippen LogP contribution < -0.4 is 4.90 Å². The lowest BCUT2D eigenvalue weighted by molar-refractivity contribution is -0.384. The normalized spacial score (nSPS) is 16.2. The molecule has 2 aliphatic rings. The summed E-state index contributed by atoms with van der Waals surface area (Å²) >= 11 is 0. The van der Waals surface area contributed by atoms with Crippen molar-refractivity contribution < 1.29 is 10.0 Å². The van der Waals surface area contributed by atoms with Crippen molar-refractivity contribution in [3.05, 3.63) is 99.7 Å². The molecule has 10 nitrogen and oxygen atoms in total. The molecule has 0 saturated carbocycles. The summed E-state index contributed by atoms with van der Waals surface area (Å²) < 4.78 is 0. The number of benzene rings is 3. The van der Waals surface area contributed by atoms with Crippen LogP contribution in [-0.2, 0) is 6.54 Å². The summed E-state index contributed by atoms with van der Waals surface area (Å²) in [4.78, 5) is 32.0. The Morgan fingerprint density at radius 2 is 1.64 bits per heavy atom. The highest BCUT2D eigenvalue weighted by Gasteiger charge is 2.22. The first kappa shape index (κ1) is 27.8. The SMILES string of the molecule is O=[N+]([O-])c1ccc2[nH]c(O)c(C(=Nc3ccc(-c4cnc(N5CCCC5)[nH]4)cc3)c3ccc(CN4CCCCC4)cc3)c2c1. The number of nitrogens with one attached hydrogen (secondary N) is 2. The van der Waals surface area contributed by atoms with Crippen molar-refractivity contribution in [1.82, 2.24) is 19.9 Å². The number of imidazole rings is 1. The molecule has 2 fully saturated rings. The highest BCUT2D eigenvalue weighted by molar-refractivity contribution is 6.22. The number of aromatic hydroxyl groups is 1. The minimum Gasteiger partial charge on any atom is -0.494 e. The van der Waals surface area contributed by atoms with Crippen LogP contribution in [0.3, 0.4) is 0 Å². The van der Waals surface area contributed by atoms with Gasteiger partial charge in [0.05, 0.1) is 33.8 Å². The van der Waals surface area contributed by atoms with Gasteiger partial charge >= 0.3 is 0 Å². The first-order valence-corrected chi connectivity index (χ1v) is 15.3. The Balaban J connectivity index is 1.25. The number of H-pyrrole nitrogens is 2. The Bertz CT molecular complexity index is 1810. The van der Waals surface area contributed by atoms with Gasteiger partial charge in [0.1, 0.15) is 0 Å². The van der Waals surface area contributed by atoms with Crippen molar-refractivity contribution in [2.75, 3.05) is 31.1 Å². The van der Waals surface area contributed by atoms with Crippen molar-refractivity contribution in [3.8, 4) is 17.1 Å². The van der Waals surface area contributed by atoms with Crippen LogP contribution >= 0.6 is 0 Å². The van der Waals surface area contributed by atoms with E-state index in [0.29, 0.717) is 27.9 Å².